The third-order valence-corrected chi connectivity index (χ3v) is 6.10. The summed E-state index contributed by atoms with van der Waals surface area (Å²) >= 11 is 1.18. The molecule has 0 aliphatic carbocycles. The maximum Gasteiger partial charge on any atom is 0.339 e. The third kappa shape index (κ3) is 4.72. The molecule has 3 rings (SSSR count). The van der Waals surface area contributed by atoms with Crippen LogP contribution in [0.4, 0.5) is 10.8 Å². The summed E-state index contributed by atoms with van der Waals surface area (Å²) in [6.07, 6.45) is 1.44. The van der Waals surface area contributed by atoms with Crippen molar-refractivity contribution in [2.75, 3.05) is 30.4 Å². The molecule has 0 bridgehead atoms. The molecule has 2 aromatic heterocycles. The Morgan fingerprint density at radius 1 is 1.21 bits per heavy atom. The number of methoxy groups -OCH3 is 1. The van der Waals surface area contributed by atoms with Gasteiger partial charge >= 0.3 is 11.7 Å². The minimum Gasteiger partial charge on any atom is -0.465 e. The van der Waals surface area contributed by atoms with E-state index in [1.54, 1.807) is 18.2 Å². The van der Waals surface area contributed by atoms with Crippen LogP contribution in [0.5, 0.6) is 0 Å². The van der Waals surface area contributed by atoms with E-state index >= 15 is 0 Å². The minimum atomic E-state index is -0.666. The van der Waals surface area contributed by atoms with Gasteiger partial charge in [0.2, 0.25) is 5.91 Å². The molecule has 2 heterocycles. The second kappa shape index (κ2) is 10.3. The van der Waals surface area contributed by atoms with Crippen LogP contribution in [0.1, 0.15) is 24.2 Å². The van der Waals surface area contributed by atoms with Crippen LogP contribution in [-0.4, -0.2) is 46.2 Å². The molecule has 33 heavy (non-hydrogen) atoms. The number of esters is 1. The van der Waals surface area contributed by atoms with Gasteiger partial charge in [0.25, 0.3) is 5.56 Å². The zero-order valence-electron chi connectivity index (χ0n) is 18.7. The van der Waals surface area contributed by atoms with E-state index in [9.17, 15) is 19.2 Å². The highest BCUT2D eigenvalue weighted by atomic mass is 32.1. The minimum absolute atomic E-state index is 0.00109. The number of thiazole rings is 1. The van der Waals surface area contributed by atoms with Gasteiger partial charge < -0.3 is 15.0 Å². The van der Waals surface area contributed by atoms with Crippen molar-refractivity contribution >= 4 is 44.4 Å². The molecular weight excluding hydrogens is 446 g/mol. The maximum absolute atomic E-state index is 13.1. The number of nitrogens with one attached hydrogen (secondary N) is 1. The number of hydrogen-bond donors (Lipinski definition) is 1. The van der Waals surface area contributed by atoms with E-state index in [-0.39, 0.29) is 28.1 Å². The fourth-order valence-electron chi connectivity index (χ4n) is 3.34. The molecule has 0 unspecified atom stereocenters. The van der Waals surface area contributed by atoms with Crippen LogP contribution in [0.3, 0.4) is 0 Å². The Morgan fingerprint density at radius 2 is 1.91 bits per heavy atom. The number of carbonyl (C=O) groups is 2. The first-order valence-corrected chi connectivity index (χ1v) is 11.1. The summed E-state index contributed by atoms with van der Waals surface area (Å²) < 4.78 is 7.22. The number of ether oxygens (including phenoxy) is 1. The Hall–Kier alpha value is -3.73. The van der Waals surface area contributed by atoms with E-state index in [1.165, 1.54) is 35.2 Å². The van der Waals surface area contributed by atoms with Gasteiger partial charge in [-0.2, -0.15) is 0 Å². The Kier molecular flexibility index (Phi) is 7.44. The van der Waals surface area contributed by atoms with Crippen LogP contribution in [0.2, 0.25) is 0 Å². The number of anilines is 2. The van der Waals surface area contributed by atoms with E-state index in [0.717, 1.165) is 4.57 Å². The predicted molar refractivity (Wildman–Crippen MR) is 128 cm³/mol. The second-order valence-corrected chi connectivity index (χ2v) is 7.96. The third-order valence-electron chi connectivity index (χ3n) is 5.01. The Balaban J connectivity index is 2.08. The highest BCUT2D eigenvalue weighted by Crippen LogP contribution is 2.26. The molecule has 0 aliphatic heterocycles. The molecule has 0 spiro atoms. The molecule has 0 saturated heterocycles. The summed E-state index contributed by atoms with van der Waals surface area (Å²) in [6, 6.07) is 6.38. The van der Waals surface area contributed by atoms with Crippen LogP contribution in [0.25, 0.3) is 10.3 Å². The van der Waals surface area contributed by atoms with Crippen LogP contribution >= 0.6 is 11.3 Å². The number of carbonyl (C=O) groups excluding carboxylic acids is 2. The van der Waals surface area contributed by atoms with Crippen LogP contribution in [0, 0.1) is 0 Å². The zero-order valence-corrected chi connectivity index (χ0v) is 19.5. The van der Waals surface area contributed by atoms with E-state index < -0.39 is 29.7 Å². The lowest BCUT2D eigenvalue weighted by atomic mass is 10.2. The molecule has 174 valence electrons. The largest absolute Gasteiger partial charge is 0.465 e. The quantitative estimate of drug-likeness (QED) is 0.375. The van der Waals surface area contributed by atoms with Gasteiger partial charge in [0.05, 0.1) is 18.4 Å². The van der Waals surface area contributed by atoms with Crippen LogP contribution in [-0.2, 0) is 22.6 Å². The lowest BCUT2D eigenvalue weighted by molar-refractivity contribution is -0.116. The lowest BCUT2D eigenvalue weighted by Crippen LogP contribution is -2.41. The number of fused-ring (bicyclic) bond motifs is 1. The number of nitrogens with zero attached hydrogens (tertiary/aromatic N) is 4. The Bertz CT molecular complexity index is 1320. The zero-order chi connectivity index (χ0) is 24.1. The summed E-state index contributed by atoms with van der Waals surface area (Å²) in [6.45, 7) is 8.48. The Labute approximate surface area is 193 Å². The molecule has 0 fully saturated rings. The standard InChI is InChI=1S/C22H25N5O5S/c1-5-12-26-19(29)17-18(24-21(33-17)25(6-2)7-3)27(22(26)31)13-16(28)23-15-11-9-8-10-14(15)20(30)32-4/h5,8-11H,1,6-7,12-13H2,2-4H3,(H,23,28). The van der Waals surface area contributed by atoms with Crippen molar-refractivity contribution in [1.82, 2.24) is 14.1 Å². The molecule has 0 saturated carbocycles. The van der Waals surface area contributed by atoms with Gasteiger partial charge in [-0.15, -0.1) is 6.58 Å². The summed E-state index contributed by atoms with van der Waals surface area (Å²) in [4.78, 5) is 57.4. The molecule has 3 aromatic rings. The SMILES string of the molecule is C=CCn1c(=O)c2sc(N(CC)CC)nc2n(CC(=O)Nc2ccccc2C(=O)OC)c1=O. The summed E-state index contributed by atoms with van der Waals surface area (Å²) in [5.74, 6) is -1.16. The number of benzene rings is 1. The molecular formula is C22H25N5O5S. The van der Waals surface area contributed by atoms with Crippen LogP contribution < -0.4 is 21.5 Å². The summed E-state index contributed by atoms with van der Waals surface area (Å²) in [5, 5.41) is 3.23. The van der Waals surface area contributed by atoms with Gasteiger partial charge in [0, 0.05) is 19.6 Å². The second-order valence-electron chi connectivity index (χ2n) is 6.98. The van der Waals surface area contributed by atoms with Crippen molar-refractivity contribution < 1.29 is 14.3 Å². The first-order chi connectivity index (χ1) is 15.9. The van der Waals surface area contributed by atoms with Crippen molar-refractivity contribution in [3.05, 3.63) is 63.3 Å². The first-order valence-electron chi connectivity index (χ1n) is 10.3. The average molecular weight is 472 g/mol. The molecule has 0 atom stereocenters. The first kappa shape index (κ1) is 23.9. The van der Waals surface area contributed by atoms with Gasteiger partial charge in [0.15, 0.2) is 10.8 Å². The van der Waals surface area contributed by atoms with Crippen molar-refractivity contribution in [2.45, 2.75) is 26.9 Å². The van der Waals surface area contributed by atoms with E-state index in [1.807, 2.05) is 18.7 Å². The summed E-state index contributed by atoms with van der Waals surface area (Å²) in [5.41, 5.74) is -0.563. The lowest BCUT2D eigenvalue weighted by Gasteiger charge is -2.16. The molecule has 10 nitrogen and oxygen atoms in total. The number of hydrogen-bond acceptors (Lipinski definition) is 8. The monoisotopic (exact) mass is 471 g/mol. The predicted octanol–water partition coefficient (Wildman–Crippen LogP) is 2.08. The van der Waals surface area contributed by atoms with Gasteiger partial charge in [-0.25, -0.2) is 14.6 Å². The number of allylic oxidation sites excluding steroid dienone is 1. The smallest absolute Gasteiger partial charge is 0.339 e. The van der Waals surface area contributed by atoms with Crippen molar-refractivity contribution in [3.63, 3.8) is 0 Å². The van der Waals surface area contributed by atoms with Gasteiger partial charge in [-0.3, -0.25) is 18.7 Å². The van der Waals surface area contributed by atoms with E-state index in [2.05, 4.69) is 16.9 Å². The van der Waals surface area contributed by atoms with Crippen molar-refractivity contribution in [3.8, 4) is 0 Å². The highest BCUT2D eigenvalue weighted by molar-refractivity contribution is 7.22. The van der Waals surface area contributed by atoms with Gasteiger partial charge in [-0.1, -0.05) is 29.5 Å². The normalized spacial score (nSPS) is 10.8. The van der Waals surface area contributed by atoms with Crippen LogP contribution in [0.15, 0.2) is 46.5 Å². The van der Waals surface area contributed by atoms with Gasteiger partial charge in [0.1, 0.15) is 11.2 Å². The highest BCUT2D eigenvalue weighted by Gasteiger charge is 2.21. The Morgan fingerprint density at radius 3 is 2.55 bits per heavy atom. The van der Waals surface area contributed by atoms with E-state index in [4.69, 9.17) is 4.74 Å². The maximum atomic E-state index is 13.1. The fourth-order valence-corrected chi connectivity index (χ4v) is 4.49. The fraction of sp³-hybridized carbons (Fsp3) is 0.318. The molecule has 0 aliphatic rings. The number of para-hydroxylation sites is 1. The topological polar surface area (TPSA) is 116 Å². The van der Waals surface area contributed by atoms with E-state index in [0.29, 0.717) is 18.2 Å². The molecule has 11 heteroatoms. The molecule has 1 amide bonds. The van der Waals surface area contributed by atoms with Crippen molar-refractivity contribution in [1.29, 1.82) is 0 Å². The van der Waals surface area contributed by atoms with Crippen molar-refractivity contribution in [2.24, 2.45) is 0 Å². The summed E-state index contributed by atoms with van der Waals surface area (Å²) in [7, 11) is 1.25. The number of amides is 1. The number of aromatic nitrogens is 3. The number of rotatable bonds is 9. The average Bonchev–Trinajstić information content (AvgIpc) is 3.25. The molecule has 0 radical (unpaired) electrons. The molecule has 1 N–H and O–H groups in total. The van der Waals surface area contributed by atoms with Gasteiger partial charge in [-0.05, 0) is 26.0 Å². The molecule has 1 aromatic carbocycles.